The summed E-state index contributed by atoms with van der Waals surface area (Å²) in [5.41, 5.74) is 6.44. The van der Waals surface area contributed by atoms with E-state index in [9.17, 15) is 0 Å². The predicted molar refractivity (Wildman–Crippen MR) is 183 cm³/mol. The Balaban J connectivity index is 1.28. The monoisotopic (exact) mass is 590 g/mol. The summed E-state index contributed by atoms with van der Waals surface area (Å²) < 4.78 is 12.5. The van der Waals surface area contributed by atoms with E-state index in [-0.39, 0.29) is 0 Å². The van der Waals surface area contributed by atoms with Crippen molar-refractivity contribution in [1.82, 2.24) is 19.9 Å². The van der Waals surface area contributed by atoms with E-state index in [2.05, 4.69) is 54.6 Å². The molecular weight excluding hydrogens is 568 g/mol. The number of aromatic nitrogens is 4. The van der Waals surface area contributed by atoms with Gasteiger partial charge in [0.25, 0.3) is 0 Å². The number of furan rings is 2. The summed E-state index contributed by atoms with van der Waals surface area (Å²) in [6, 6.07) is 44.9. The summed E-state index contributed by atoms with van der Waals surface area (Å²) >= 11 is 0. The zero-order chi connectivity index (χ0) is 30.2. The minimum atomic E-state index is 0.555. The van der Waals surface area contributed by atoms with Crippen LogP contribution in [0.2, 0.25) is 0 Å². The zero-order valence-electron chi connectivity index (χ0n) is 24.3. The molecular formula is C40H22N4O2. The van der Waals surface area contributed by atoms with Gasteiger partial charge in [-0.3, -0.25) is 0 Å². The minimum Gasteiger partial charge on any atom is -0.456 e. The molecule has 0 amide bonds. The molecule has 4 aromatic heterocycles. The highest BCUT2D eigenvalue weighted by Gasteiger charge is 2.21. The Hall–Kier alpha value is -6.40. The summed E-state index contributed by atoms with van der Waals surface area (Å²) in [4.78, 5) is 20.2. The first kappa shape index (κ1) is 25.0. The van der Waals surface area contributed by atoms with E-state index >= 15 is 0 Å². The van der Waals surface area contributed by atoms with E-state index < -0.39 is 0 Å². The molecule has 0 saturated carbocycles. The largest absolute Gasteiger partial charge is 0.456 e. The summed E-state index contributed by atoms with van der Waals surface area (Å²) in [5, 5.41) is 7.15. The van der Waals surface area contributed by atoms with Crippen molar-refractivity contribution in [1.29, 1.82) is 0 Å². The number of nitrogens with zero attached hydrogens (tertiary/aromatic N) is 4. The van der Waals surface area contributed by atoms with Gasteiger partial charge in [0.15, 0.2) is 17.5 Å². The number of rotatable bonds is 3. The summed E-state index contributed by atoms with van der Waals surface area (Å²) in [6.07, 6.45) is 0. The molecule has 10 aromatic rings. The maximum absolute atomic E-state index is 6.30. The van der Waals surface area contributed by atoms with E-state index in [1.165, 1.54) is 0 Å². The van der Waals surface area contributed by atoms with Gasteiger partial charge in [-0.1, -0.05) is 97.1 Å². The molecule has 4 heterocycles. The van der Waals surface area contributed by atoms with Crippen LogP contribution in [0.3, 0.4) is 0 Å². The SMILES string of the molecule is c1ccc2cc(-c3nc(-c4cccc5oc6ccccc6c45)nc(-c4cccc5oc6nc7ccccc7cc6c45)n3)ccc2c1. The van der Waals surface area contributed by atoms with Crippen molar-refractivity contribution in [2.75, 3.05) is 0 Å². The van der Waals surface area contributed by atoms with Crippen LogP contribution in [0.25, 0.3) is 99.8 Å². The van der Waals surface area contributed by atoms with Crippen molar-refractivity contribution in [3.05, 3.63) is 133 Å². The molecule has 0 fully saturated rings. The smallest absolute Gasteiger partial charge is 0.227 e. The third-order valence-electron chi connectivity index (χ3n) is 8.72. The average molecular weight is 591 g/mol. The van der Waals surface area contributed by atoms with E-state index in [0.29, 0.717) is 23.2 Å². The summed E-state index contributed by atoms with van der Waals surface area (Å²) in [6.45, 7) is 0. The van der Waals surface area contributed by atoms with Gasteiger partial charge < -0.3 is 8.83 Å². The van der Waals surface area contributed by atoms with Gasteiger partial charge in [-0.15, -0.1) is 0 Å². The fourth-order valence-corrected chi connectivity index (χ4v) is 6.57. The molecule has 0 aliphatic rings. The fourth-order valence-electron chi connectivity index (χ4n) is 6.57. The van der Waals surface area contributed by atoms with Crippen LogP contribution >= 0.6 is 0 Å². The molecule has 214 valence electrons. The Kier molecular flexibility index (Phi) is 5.19. The van der Waals surface area contributed by atoms with Crippen molar-refractivity contribution in [2.24, 2.45) is 0 Å². The van der Waals surface area contributed by atoms with E-state index in [1.807, 2.05) is 78.9 Å². The summed E-state index contributed by atoms with van der Waals surface area (Å²) in [5.74, 6) is 1.71. The number of para-hydroxylation sites is 2. The first-order chi connectivity index (χ1) is 22.8. The second kappa shape index (κ2) is 9.55. The van der Waals surface area contributed by atoms with Crippen LogP contribution in [-0.2, 0) is 0 Å². The first-order valence-electron chi connectivity index (χ1n) is 15.1. The van der Waals surface area contributed by atoms with Crippen molar-refractivity contribution < 1.29 is 8.83 Å². The average Bonchev–Trinajstić information content (AvgIpc) is 3.68. The lowest BCUT2D eigenvalue weighted by Crippen LogP contribution is -2.00. The molecule has 0 aliphatic heterocycles. The predicted octanol–water partition coefficient (Wildman–Crippen LogP) is 10.4. The van der Waals surface area contributed by atoms with Crippen molar-refractivity contribution in [3.63, 3.8) is 0 Å². The minimum absolute atomic E-state index is 0.555. The number of pyridine rings is 1. The Morgan fingerprint density at radius 2 is 1.02 bits per heavy atom. The number of hydrogen-bond acceptors (Lipinski definition) is 6. The van der Waals surface area contributed by atoms with Crippen LogP contribution in [0, 0.1) is 0 Å². The Morgan fingerprint density at radius 1 is 0.391 bits per heavy atom. The third kappa shape index (κ3) is 3.77. The molecule has 0 radical (unpaired) electrons. The van der Waals surface area contributed by atoms with Crippen molar-refractivity contribution in [3.8, 4) is 34.2 Å². The van der Waals surface area contributed by atoms with Crippen LogP contribution in [0.1, 0.15) is 0 Å². The van der Waals surface area contributed by atoms with Crippen molar-refractivity contribution >= 4 is 65.7 Å². The quantitative estimate of drug-likeness (QED) is 0.204. The van der Waals surface area contributed by atoms with Gasteiger partial charge in [-0.2, -0.15) is 0 Å². The lowest BCUT2D eigenvalue weighted by Gasteiger charge is -2.10. The normalized spacial score (nSPS) is 11.9. The van der Waals surface area contributed by atoms with Gasteiger partial charge in [0.1, 0.15) is 16.7 Å². The van der Waals surface area contributed by atoms with Gasteiger partial charge >= 0.3 is 0 Å². The topological polar surface area (TPSA) is 77.8 Å². The maximum Gasteiger partial charge on any atom is 0.227 e. The van der Waals surface area contributed by atoms with E-state index in [1.54, 1.807) is 0 Å². The maximum atomic E-state index is 6.30. The number of benzene rings is 6. The van der Waals surface area contributed by atoms with E-state index in [0.717, 1.165) is 76.7 Å². The molecule has 0 atom stereocenters. The van der Waals surface area contributed by atoms with Crippen molar-refractivity contribution in [2.45, 2.75) is 0 Å². The second-order valence-corrected chi connectivity index (χ2v) is 11.5. The molecule has 46 heavy (non-hydrogen) atoms. The lowest BCUT2D eigenvalue weighted by molar-refractivity contribution is 0.656. The highest BCUT2D eigenvalue weighted by molar-refractivity contribution is 6.14. The Morgan fingerprint density at radius 3 is 1.85 bits per heavy atom. The van der Waals surface area contributed by atoms with Crippen LogP contribution in [-0.4, -0.2) is 19.9 Å². The van der Waals surface area contributed by atoms with Gasteiger partial charge in [-0.05, 0) is 47.2 Å². The highest BCUT2D eigenvalue weighted by atomic mass is 16.3. The highest BCUT2D eigenvalue weighted by Crippen LogP contribution is 2.39. The molecule has 0 saturated heterocycles. The zero-order valence-corrected chi connectivity index (χ0v) is 24.3. The molecule has 0 N–H and O–H groups in total. The molecule has 6 heteroatoms. The van der Waals surface area contributed by atoms with Gasteiger partial charge in [0.05, 0.1) is 5.52 Å². The molecule has 6 nitrogen and oxygen atoms in total. The molecule has 0 aliphatic carbocycles. The van der Waals surface area contributed by atoms with Crippen LogP contribution in [0.4, 0.5) is 0 Å². The summed E-state index contributed by atoms with van der Waals surface area (Å²) in [7, 11) is 0. The van der Waals surface area contributed by atoms with Gasteiger partial charge in [-0.25, -0.2) is 19.9 Å². The molecule has 0 spiro atoms. The standard InChI is InChI=1S/C40H22N4O2/c1-2-10-24-21-26(20-19-23(24)9-1)37-42-38(28-13-7-17-33-35(28)27-12-4-6-16-32(27)45-33)44-39(43-37)29-14-8-18-34-36(29)30-22-25-11-3-5-15-31(25)41-40(30)46-34/h1-22H. The number of hydrogen-bond donors (Lipinski definition) is 0. The van der Waals surface area contributed by atoms with Crippen LogP contribution in [0.15, 0.2) is 142 Å². The molecule has 10 rings (SSSR count). The van der Waals surface area contributed by atoms with Gasteiger partial charge in [0.2, 0.25) is 5.71 Å². The molecule has 0 bridgehead atoms. The van der Waals surface area contributed by atoms with Gasteiger partial charge in [0, 0.05) is 43.6 Å². The van der Waals surface area contributed by atoms with E-state index in [4.69, 9.17) is 28.8 Å². The van der Waals surface area contributed by atoms with Crippen LogP contribution in [0.5, 0.6) is 0 Å². The Labute approximate surface area is 261 Å². The third-order valence-corrected chi connectivity index (χ3v) is 8.72. The first-order valence-corrected chi connectivity index (χ1v) is 15.1. The lowest BCUT2D eigenvalue weighted by atomic mass is 10.0. The van der Waals surface area contributed by atoms with Crippen LogP contribution < -0.4 is 0 Å². The number of fused-ring (bicyclic) bond motifs is 8. The fraction of sp³-hybridized carbons (Fsp3) is 0. The second-order valence-electron chi connectivity index (χ2n) is 11.5. The molecule has 0 unspecified atom stereocenters. The Bertz CT molecular complexity index is 2830. The molecule has 6 aromatic carbocycles.